The van der Waals surface area contributed by atoms with Gasteiger partial charge < -0.3 is 20.3 Å². The van der Waals surface area contributed by atoms with E-state index < -0.39 is 0 Å². The van der Waals surface area contributed by atoms with E-state index in [2.05, 4.69) is 48.2 Å². The molecule has 27 heavy (non-hydrogen) atoms. The molecule has 1 rings (SSSR count). The van der Waals surface area contributed by atoms with Crippen LogP contribution in [0.4, 0.5) is 0 Å². The number of likely N-dealkylation sites (N-methyl/N-ethyl adjacent to an activating group) is 1. The number of rotatable bonds is 10. The first-order valence-corrected chi connectivity index (χ1v) is 9.91. The fourth-order valence-corrected chi connectivity index (χ4v) is 3.06. The molecule has 1 heterocycles. The van der Waals surface area contributed by atoms with Gasteiger partial charge in [-0.2, -0.15) is 0 Å². The average Bonchev–Trinajstić information content (AvgIpc) is 3.08. The summed E-state index contributed by atoms with van der Waals surface area (Å²) in [5.41, 5.74) is 0. The summed E-state index contributed by atoms with van der Waals surface area (Å²) in [6.07, 6.45) is 3.46. The van der Waals surface area contributed by atoms with Gasteiger partial charge in [-0.15, -0.1) is 24.0 Å². The number of guanidine groups is 1. The molecular weight excluding hydrogens is 457 g/mol. The molecule has 1 unspecified atom stereocenters. The summed E-state index contributed by atoms with van der Waals surface area (Å²) in [4.78, 5) is 20.3. The second-order valence-electron chi connectivity index (χ2n) is 7.67. The van der Waals surface area contributed by atoms with E-state index in [1.807, 2.05) is 0 Å². The van der Waals surface area contributed by atoms with Crippen molar-refractivity contribution in [3.63, 3.8) is 0 Å². The highest BCUT2D eigenvalue weighted by molar-refractivity contribution is 14.0. The van der Waals surface area contributed by atoms with Crippen molar-refractivity contribution in [3.05, 3.63) is 0 Å². The van der Waals surface area contributed by atoms with Gasteiger partial charge in [0.25, 0.3) is 0 Å². The summed E-state index contributed by atoms with van der Waals surface area (Å²) in [6.45, 7) is 12.5. The minimum absolute atomic E-state index is 0. The monoisotopic (exact) mass is 497 g/mol. The van der Waals surface area contributed by atoms with E-state index >= 15 is 0 Å². The van der Waals surface area contributed by atoms with Crippen molar-refractivity contribution in [3.8, 4) is 0 Å². The van der Waals surface area contributed by atoms with Crippen LogP contribution in [0.2, 0.25) is 0 Å². The van der Waals surface area contributed by atoms with E-state index in [1.165, 1.54) is 0 Å². The van der Waals surface area contributed by atoms with Crippen molar-refractivity contribution in [2.24, 2.45) is 4.99 Å². The van der Waals surface area contributed by atoms with Crippen LogP contribution in [0.25, 0.3) is 0 Å². The molecule has 1 amide bonds. The Morgan fingerprint density at radius 3 is 2.37 bits per heavy atom. The Hall–Kier alpha value is -0.610. The van der Waals surface area contributed by atoms with Crippen molar-refractivity contribution in [1.29, 1.82) is 0 Å². The van der Waals surface area contributed by atoms with E-state index in [9.17, 15) is 4.79 Å². The number of hydrogen-bond donors (Lipinski definition) is 2. The number of amides is 1. The van der Waals surface area contributed by atoms with Gasteiger partial charge in [-0.05, 0) is 47.0 Å². The number of halogens is 1. The first-order valence-electron chi connectivity index (χ1n) is 9.91. The van der Waals surface area contributed by atoms with Gasteiger partial charge in [0.1, 0.15) is 6.54 Å². The Balaban J connectivity index is 0.00000676. The molecule has 0 aromatic heterocycles. The highest BCUT2D eigenvalue weighted by Gasteiger charge is 2.16. The predicted octanol–water partition coefficient (Wildman–Crippen LogP) is 1.92. The zero-order valence-electron chi connectivity index (χ0n) is 18.0. The van der Waals surface area contributed by atoms with Crippen LogP contribution in [0.3, 0.4) is 0 Å². The largest absolute Gasteiger partial charge is 0.376 e. The Bertz CT molecular complexity index is 430. The van der Waals surface area contributed by atoms with Crippen LogP contribution in [-0.4, -0.2) is 86.7 Å². The highest BCUT2D eigenvalue weighted by Crippen LogP contribution is 2.10. The van der Waals surface area contributed by atoms with Crippen molar-refractivity contribution >= 4 is 35.8 Å². The van der Waals surface area contributed by atoms with E-state index in [0.717, 1.165) is 45.5 Å². The summed E-state index contributed by atoms with van der Waals surface area (Å²) >= 11 is 0. The van der Waals surface area contributed by atoms with Gasteiger partial charge in [0.05, 0.1) is 6.10 Å². The second kappa shape index (κ2) is 14.4. The first-order chi connectivity index (χ1) is 12.3. The fraction of sp³-hybridized carbons (Fsp3) is 0.895. The Kier molecular flexibility index (Phi) is 14.1. The zero-order chi connectivity index (χ0) is 19.5. The molecule has 0 aliphatic carbocycles. The molecule has 8 heteroatoms. The Labute approximate surface area is 182 Å². The molecule has 1 aliphatic heterocycles. The van der Waals surface area contributed by atoms with Crippen molar-refractivity contribution in [2.45, 2.75) is 65.1 Å². The normalized spacial score (nSPS) is 17.4. The average molecular weight is 497 g/mol. The summed E-state index contributed by atoms with van der Waals surface area (Å²) in [7, 11) is 3.49. The van der Waals surface area contributed by atoms with Gasteiger partial charge in [-0.1, -0.05) is 0 Å². The molecule has 0 aromatic rings. The highest BCUT2D eigenvalue weighted by atomic mass is 127. The molecule has 1 aliphatic rings. The third kappa shape index (κ3) is 11.1. The van der Waals surface area contributed by atoms with Crippen LogP contribution in [0.5, 0.6) is 0 Å². The van der Waals surface area contributed by atoms with E-state index in [0.29, 0.717) is 18.0 Å². The molecular formula is C19H40IN5O2. The maximum atomic E-state index is 11.8. The fourth-order valence-electron chi connectivity index (χ4n) is 3.06. The Morgan fingerprint density at radius 1 is 1.19 bits per heavy atom. The molecule has 0 aromatic carbocycles. The molecule has 0 bridgehead atoms. The van der Waals surface area contributed by atoms with Crippen molar-refractivity contribution in [2.75, 3.05) is 46.9 Å². The smallest absolute Gasteiger partial charge is 0.243 e. The molecule has 160 valence electrons. The summed E-state index contributed by atoms with van der Waals surface area (Å²) in [6, 6.07) is 1.08. The minimum atomic E-state index is -0.00555. The lowest BCUT2D eigenvalue weighted by molar-refractivity contribution is -0.127. The quantitative estimate of drug-likeness (QED) is 0.209. The van der Waals surface area contributed by atoms with Crippen LogP contribution in [-0.2, 0) is 9.53 Å². The number of carbonyl (C=O) groups is 1. The minimum Gasteiger partial charge on any atom is -0.376 e. The lowest BCUT2D eigenvalue weighted by Crippen LogP contribution is -2.43. The summed E-state index contributed by atoms with van der Waals surface area (Å²) in [5, 5.41) is 6.68. The SMILES string of the molecule is CC(C)N(CCCNC(=NCC(=O)N(C)C)NCC1CCCO1)C(C)C.I. The topological polar surface area (TPSA) is 69.2 Å². The maximum absolute atomic E-state index is 11.8. The van der Waals surface area contributed by atoms with Gasteiger partial charge in [0.2, 0.25) is 5.91 Å². The van der Waals surface area contributed by atoms with Crippen LogP contribution in [0.15, 0.2) is 4.99 Å². The Morgan fingerprint density at radius 2 is 1.85 bits per heavy atom. The third-order valence-electron chi connectivity index (χ3n) is 4.60. The molecule has 7 nitrogen and oxygen atoms in total. The van der Waals surface area contributed by atoms with E-state index in [1.54, 1.807) is 19.0 Å². The standard InChI is InChI=1S/C19H39N5O2.HI/c1-15(2)24(16(3)4)11-8-10-20-19(22-14-18(25)23(5)6)21-13-17-9-7-12-26-17;/h15-17H,7-14H2,1-6H3,(H2,20,21,22);1H. The van der Waals surface area contributed by atoms with Crippen LogP contribution < -0.4 is 10.6 Å². The molecule has 0 spiro atoms. The maximum Gasteiger partial charge on any atom is 0.243 e. The number of carbonyl (C=O) groups excluding carboxylic acids is 1. The summed E-state index contributed by atoms with van der Waals surface area (Å²) in [5.74, 6) is 0.686. The molecule has 1 saturated heterocycles. The lowest BCUT2D eigenvalue weighted by atomic mass is 10.2. The predicted molar refractivity (Wildman–Crippen MR) is 123 cm³/mol. The first kappa shape index (κ1) is 26.4. The molecule has 0 radical (unpaired) electrons. The molecule has 2 N–H and O–H groups in total. The van der Waals surface area contributed by atoms with Gasteiger partial charge >= 0.3 is 0 Å². The zero-order valence-corrected chi connectivity index (χ0v) is 20.3. The van der Waals surface area contributed by atoms with E-state index in [-0.39, 0.29) is 42.5 Å². The summed E-state index contributed by atoms with van der Waals surface area (Å²) < 4.78 is 5.65. The molecule has 1 fully saturated rings. The van der Waals surface area contributed by atoms with Crippen molar-refractivity contribution in [1.82, 2.24) is 20.4 Å². The number of aliphatic imine (C=N–C) groups is 1. The van der Waals surface area contributed by atoms with Crippen LogP contribution in [0.1, 0.15) is 47.0 Å². The number of nitrogens with zero attached hydrogens (tertiary/aromatic N) is 3. The number of ether oxygens (including phenoxy) is 1. The number of nitrogens with one attached hydrogen (secondary N) is 2. The van der Waals surface area contributed by atoms with Gasteiger partial charge in [-0.3, -0.25) is 9.69 Å². The number of hydrogen-bond acceptors (Lipinski definition) is 4. The van der Waals surface area contributed by atoms with Crippen LogP contribution >= 0.6 is 24.0 Å². The van der Waals surface area contributed by atoms with Crippen LogP contribution in [0, 0.1) is 0 Å². The van der Waals surface area contributed by atoms with Gasteiger partial charge in [-0.25, -0.2) is 4.99 Å². The second-order valence-corrected chi connectivity index (χ2v) is 7.67. The van der Waals surface area contributed by atoms with Gasteiger partial charge in [0, 0.05) is 52.4 Å². The van der Waals surface area contributed by atoms with Crippen molar-refractivity contribution < 1.29 is 9.53 Å². The third-order valence-corrected chi connectivity index (χ3v) is 4.60. The van der Waals surface area contributed by atoms with E-state index in [4.69, 9.17) is 4.74 Å². The molecule has 1 atom stereocenters. The van der Waals surface area contributed by atoms with Gasteiger partial charge in [0.15, 0.2) is 5.96 Å². The molecule has 0 saturated carbocycles. The lowest BCUT2D eigenvalue weighted by Gasteiger charge is -2.30.